The molecule has 0 radical (unpaired) electrons. The quantitative estimate of drug-likeness (QED) is 0.213. The van der Waals surface area contributed by atoms with Gasteiger partial charge in [-0.2, -0.15) is 13.2 Å². The number of likely N-dealkylation sites (tertiary alicyclic amines) is 1. The van der Waals surface area contributed by atoms with Crippen LogP contribution < -0.4 is 10.6 Å². The molecule has 0 atom stereocenters. The molecule has 1 saturated heterocycles. The third-order valence-electron chi connectivity index (χ3n) is 4.45. The largest absolute Gasteiger partial charge is 0.434 e. The third-order valence-corrected chi connectivity index (χ3v) is 5.28. The second-order valence-corrected chi connectivity index (χ2v) is 7.65. The molecule has 10 heteroatoms. The average Bonchev–Trinajstić information content (AvgIpc) is 3.13. The van der Waals surface area contributed by atoms with E-state index in [0.717, 1.165) is 36.1 Å². The Balaban J connectivity index is 0.00000392. The van der Waals surface area contributed by atoms with Crippen LogP contribution in [0.1, 0.15) is 56.2 Å². The first kappa shape index (κ1) is 25.4. The van der Waals surface area contributed by atoms with Crippen LogP contribution in [0.3, 0.4) is 0 Å². The molecule has 1 aliphatic heterocycles. The Morgan fingerprint density at radius 3 is 2.57 bits per heavy atom. The lowest BCUT2D eigenvalue weighted by Gasteiger charge is -2.26. The predicted molar refractivity (Wildman–Crippen MR) is 119 cm³/mol. The maximum Gasteiger partial charge on any atom is 0.434 e. The van der Waals surface area contributed by atoms with E-state index < -0.39 is 11.9 Å². The first-order valence-electron chi connectivity index (χ1n) is 9.75. The molecule has 2 rings (SSSR count). The van der Waals surface area contributed by atoms with Gasteiger partial charge in [-0.1, -0.05) is 12.8 Å². The van der Waals surface area contributed by atoms with Crippen molar-refractivity contribution in [1.82, 2.24) is 20.5 Å². The fraction of sp³-hybridized carbons (Fsp3) is 0.778. The second kappa shape index (κ2) is 13.6. The van der Waals surface area contributed by atoms with Crippen LogP contribution in [0.15, 0.2) is 10.4 Å². The van der Waals surface area contributed by atoms with Crippen molar-refractivity contribution in [3.05, 3.63) is 16.1 Å². The highest BCUT2D eigenvalue weighted by atomic mass is 127. The molecule has 1 fully saturated rings. The summed E-state index contributed by atoms with van der Waals surface area (Å²) in [4.78, 5) is 10.5. The van der Waals surface area contributed by atoms with Gasteiger partial charge in [0.15, 0.2) is 11.7 Å². The molecule has 1 aliphatic rings. The van der Waals surface area contributed by atoms with Gasteiger partial charge in [0.1, 0.15) is 5.01 Å². The zero-order chi connectivity index (χ0) is 19.5. The van der Waals surface area contributed by atoms with Gasteiger partial charge in [-0.15, -0.1) is 35.3 Å². The van der Waals surface area contributed by atoms with E-state index in [4.69, 9.17) is 0 Å². The van der Waals surface area contributed by atoms with Crippen molar-refractivity contribution in [2.45, 2.75) is 58.2 Å². The number of nitrogens with one attached hydrogen (secondary N) is 2. The number of hydrogen-bond acceptors (Lipinski definition) is 4. The van der Waals surface area contributed by atoms with Gasteiger partial charge in [0.2, 0.25) is 0 Å². The van der Waals surface area contributed by atoms with E-state index in [-0.39, 0.29) is 30.5 Å². The van der Waals surface area contributed by atoms with E-state index in [2.05, 4.69) is 25.5 Å². The number of unbranched alkanes of at least 4 members (excludes halogenated alkanes) is 2. The normalized spacial score (nSPS) is 15.9. The smallest absolute Gasteiger partial charge is 0.357 e. The molecular formula is C18H31F3IN5S. The number of hydrogen-bond donors (Lipinski definition) is 2. The summed E-state index contributed by atoms with van der Waals surface area (Å²) in [6.45, 7) is 7.26. The first-order chi connectivity index (χ1) is 13.0. The zero-order valence-electron chi connectivity index (χ0n) is 16.4. The van der Waals surface area contributed by atoms with Crippen molar-refractivity contribution >= 4 is 41.3 Å². The predicted octanol–water partition coefficient (Wildman–Crippen LogP) is 4.49. The van der Waals surface area contributed by atoms with Crippen molar-refractivity contribution in [1.29, 1.82) is 0 Å². The summed E-state index contributed by atoms with van der Waals surface area (Å²) in [7, 11) is 0. The maximum atomic E-state index is 12.6. The van der Waals surface area contributed by atoms with Gasteiger partial charge in [0.25, 0.3) is 0 Å². The Kier molecular flexibility index (Phi) is 12.3. The van der Waals surface area contributed by atoms with Crippen molar-refractivity contribution in [3.63, 3.8) is 0 Å². The highest BCUT2D eigenvalue weighted by Gasteiger charge is 2.33. The van der Waals surface area contributed by atoms with E-state index in [1.54, 1.807) is 0 Å². The van der Waals surface area contributed by atoms with Crippen LogP contribution >= 0.6 is 35.3 Å². The highest BCUT2D eigenvalue weighted by Crippen LogP contribution is 2.30. The third kappa shape index (κ3) is 9.73. The molecule has 162 valence electrons. The van der Waals surface area contributed by atoms with Crippen molar-refractivity contribution in [2.24, 2.45) is 4.99 Å². The van der Waals surface area contributed by atoms with E-state index in [0.29, 0.717) is 17.5 Å². The van der Waals surface area contributed by atoms with Gasteiger partial charge in [0.05, 0.1) is 6.54 Å². The summed E-state index contributed by atoms with van der Waals surface area (Å²) in [6, 6.07) is 0. The molecule has 0 amide bonds. The van der Waals surface area contributed by atoms with Crippen molar-refractivity contribution in [3.8, 4) is 0 Å². The molecule has 1 aromatic heterocycles. The molecular weight excluding hydrogens is 502 g/mol. The van der Waals surface area contributed by atoms with Crippen LogP contribution in [0.5, 0.6) is 0 Å². The van der Waals surface area contributed by atoms with Gasteiger partial charge >= 0.3 is 6.18 Å². The van der Waals surface area contributed by atoms with Crippen molar-refractivity contribution in [2.75, 3.05) is 32.7 Å². The first-order valence-corrected chi connectivity index (χ1v) is 10.6. The van der Waals surface area contributed by atoms with Crippen LogP contribution in [-0.4, -0.2) is 48.6 Å². The SMILES string of the molecule is CCNC(=NCc1nc(C(F)(F)F)cs1)NCCCCCN1CCCCC1.I. The standard InChI is InChI=1S/C18H30F3N5S.HI/c1-2-22-17(24-13-16-25-15(14-27-16)18(19,20)21)23-9-5-3-6-10-26-11-7-4-8-12-26;/h14H,2-13H2,1H3,(H2,22,23,24);1H. The van der Waals surface area contributed by atoms with E-state index >= 15 is 0 Å². The topological polar surface area (TPSA) is 52.6 Å². The van der Waals surface area contributed by atoms with Crippen LogP contribution in [0.2, 0.25) is 0 Å². The van der Waals surface area contributed by atoms with E-state index in [1.165, 1.54) is 45.3 Å². The van der Waals surface area contributed by atoms with Gasteiger partial charge in [-0.05, 0) is 52.2 Å². The van der Waals surface area contributed by atoms with Gasteiger partial charge in [-0.3, -0.25) is 0 Å². The summed E-state index contributed by atoms with van der Waals surface area (Å²) < 4.78 is 37.8. The van der Waals surface area contributed by atoms with Crippen molar-refractivity contribution < 1.29 is 13.2 Å². The fourth-order valence-electron chi connectivity index (χ4n) is 3.03. The van der Waals surface area contributed by atoms with Gasteiger partial charge in [-0.25, -0.2) is 9.98 Å². The minimum Gasteiger partial charge on any atom is -0.357 e. The fourth-order valence-corrected chi connectivity index (χ4v) is 3.75. The average molecular weight is 533 g/mol. The number of halogens is 4. The number of alkyl halides is 3. The lowest BCUT2D eigenvalue weighted by atomic mass is 10.1. The number of nitrogens with zero attached hydrogens (tertiary/aromatic N) is 3. The summed E-state index contributed by atoms with van der Waals surface area (Å²) in [5.74, 6) is 0.622. The van der Waals surface area contributed by atoms with Gasteiger partial charge in [0, 0.05) is 18.5 Å². The summed E-state index contributed by atoms with van der Waals surface area (Å²) in [6.07, 6.45) is 3.04. The zero-order valence-corrected chi connectivity index (χ0v) is 19.5. The molecule has 0 aliphatic carbocycles. The highest BCUT2D eigenvalue weighted by molar-refractivity contribution is 14.0. The molecule has 28 heavy (non-hydrogen) atoms. The Hall–Kier alpha value is -0.620. The van der Waals surface area contributed by atoms with Crippen LogP contribution in [0.25, 0.3) is 0 Å². The molecule has 0 bridgehead atoms. The number of piperidine rings is 1. The Bertz CT molecular complexity index is 574. The summed E-state index contributed by atoms with van der Waals surface area (Å²) >= 11 is 0.987. The van der Waals surface area contributed by atoms with Gasteiger partial charge < -0.3 is 15.5 Å². The summed E-state index contributed by atoms with van der Waals surface area (Å²) in [5, 5.41) is 7.76. The molecule has 0 spiro atoms. The lowest BCUT2D eigenvalue weighted by Crippen LogP contribution is -2.37. The Morgan fingerprint density at radius 2 is 1.93 bits per heavy atom. The number of aromatic nitrogens is 1. The molecule has 2 N–H and O–H groups in total. The number of rotatable bonds is 9. The van der Waals surface area contributed by atoms with Crippen LogP contribution in [0.4, 0.5) is 13.2 Å². The number of aliphatic imine (C=N–C) groups is 1. The molecule has 0 aromatic carbocycles. The van der Waals surface area contributed by atoms with E-state index in [9.17, 15) is 13.2 Å². The minimum atomic E-state index is -4.39. The number of thiazole rings is 1. The second-order valence-electron chi connectivity index (χ2n) is 6.71. The van der Waals surface area contributed by atoms with E-state index in [1.807, 2.05) is 6.92 Å². The Labute approximate surface area is 186 Å². The molecule has 2 heterocycles. The minimum absolute atomic E-state index is 0. The Morgan fingerprint density at radius 1 is 1.18 bits per heavy atom. The molecule has 5 nitrogen and oxygen atoms in total. The summed E-state index contributed by atoms with van der Waals surface area (Å²) in [5.41, 5.74) is -0.843. The molecule has 0 unspecified atom stereocenters. The number of guanidine groups is 1. The van der Waals surface area contributed by atoms with Crippen LogP contribution in [0, 0.1) is 0 Å². The molecule has 0 saturated carbocycles. The molecule has 1 aromatic rings. The maximum absolute atomic E-state index is 12.6. The van der Waals surface area contributed by atoms with Crippen LogP contribution in [-0.2, 0) is 12.7 Å². The monoisotopic (exact) mass is 533 g/mol. The lowest BCUT2D eigenvalue weighted by molar-refractivity contribution is -0.140.